The van der Waals surface area contributed by atoms with E-state index in [9.17, 15) is 0 Å². The van der Waals surface area contributed by atoms with Crippen molar-refractivity contribution in [3.8, 4) is 12.3 Å². The highest BCUT2D eigenvalue weighted by molar-refractivity contribution is 5.97. The predicted octanol–water partition coefficient (Wildman–Crippen LogP) is 1.09. The Balaban J connectivity index is 2.24. The van der Waals surface area contributed by atoms with Gasteiger partial charge in [0.15, 0.2) is 5.96 Å². The van der Waals surface area contributed by atoms with Gasteiger partial charge in [-0.15, -0.1) is 6.42 Å². The molecule has 0 amide bonds. The fourth-order valence-electron chi connectivity index (χ4n) is 1.55. The van der Waals surface area contributed by atoms with Gasteiger partial charge in [0.2, 0.25) is 0 Å². The van der Waals surface area contributed by atoms with Crippen molar-refractivity contribution in [1.82, 2.24) is 5.32 Å². The zero-order valence-corrected chi connectivity index (χ0v) is 8.48. The van der Waals surface area contributed by atoms with E-state index in [1.165, 1.54) is 0 Å². The molecule has 0 radical (unpaired) electrons. The number of terminal acetylenes is 1. The van der Waals surface area contributed by atoms with Crippen LogP contribution in [-0.4, -0.2) is 25.6 Å². The molecule has 1 aliphatic heterocycles. The van der Waals surface area contributed by atoms with E-state index in [-0.39, 0.29) is 0 Å². The third-order valence-corrected chi connectivity index (χ3v) is 2.23. The van der Waals surface area contributed by atoms with Gasteiger partial charge in [-0.1, -0.05) is 24.1 Å². The first-order chi connectivity index (χ1) is 7.42. The van der Waals surface area contributed by atoms with Crippen molar-refractivity contribution in [2.45, 2.75) is 0 Å². The van der Waals surface area contributed by atoms with Crippen molar-refractivity contribution < 1.29 is 0 Å². The maximum absolute atomic E-state index is 5.36. The molecule has 0 bridgehead atoms. The van der Waals surface area contributed by atoms with Crippen molar-refractivity contribution in [3.63, 3.8) is 0 Å². The number of nitrogens with one attached hydrogen (secondary N) is 1. The van der Waals surface area contributed by atoms with E-state index in [1.807, 2.05) is 35.2 Å². The van der Waals surface area contributed by atoms with Crippen LogP contribution in [0, 0.1) is 12.3 Å². The zero-order chi connectivity index (χ0) is 10.5. The standard InChI is InChI=1S/C12H13N3/c1-2-10-15(12-13-8-9-14-12)11-6-4-3-5-7-11/h1,3-7H,8-10H2,(H,13,14). The van der Waals surface area contributed by atoms with Gasteiger partial charge in [-0.05, 0) is 12.1 Å². The normalized spacial score (nSPS) is 13.9. The fourth-order valence-corrected chi connectivity index (χ4v) is 1.55. The number of benzene rings is 1. The molecule has 2 rings (SSSR count). The number of para-hydroxylation sites is 1. The number of hydrogen-bond acceptors (Lipinski definition) is 3. The van der Waals surface area contributed by atoms with Gasteiger partial charge in [-0.2, -0.15) is 0 Å². The highest BCUT2D eigenvalue weighted by atomic mass is 15.3. The minimum atomic E-state index is 0.538. The summed E-state index contributed by atoms with van der Waals surface area (Å²) >= 11 is 0. The van der Waals surface area contributed by atoms with E-state index in [0.29, 0.717) is 6.54 Å². The van der Waals surface area contributed by atoms with Gasteiger partial charge in [0, 0.05) is 12.2 Å². The Kier molecular flexibility index (Phi) is 2.89. The summed E-state index contributed by atoms with van der Waals surface area (Å²) in [5.74, 6) is 3.52. The van der Waals surface area contributed by atoms with E-state index in [2.05, 4.69) is 16.2 Å². The van der Waals surface area contributed by atoms with Crippen LogP contribution in [0.4, 0.5) is 5.69 Å². The number of rotatable bonds is 2. The van der Waals surface area contributed by atoms with E-state index in [4.69, 9.17) is 6.42 Å². The van der Waals surface area contributed by atoms with Crippen LogP contribution in [0.3, 0.4) is 0 Å². The lowest BCUT2D eigenvalue weighted by molar-refractivity contribution is 0.947. The monoisotopic (exact) mass is 199 g/mol. The zero-order valence-electron chi connectivity index (χ0n) is 8.48. The molecule has 0 saturated carbocycles. The fraction of sp³-hybridized carbons (Fsp3) is 0.250. The first kappa shape index (κ1) is 9.60. The van der Waals surface area contributed by atoms with Gasteiger partial charge >= 0.3 is 0 Å². The molecule has 1 aromatic carbocycles. The van der Waals surface area contributed by atoms with Crippen molar-refractivity contribution >= 4 is 11.6 Å². The van der Waals surface area contributed by atoms with Crippen LogP contribution in [0.25, 0.3) is 0 Å². The molecule has 0 aromatic heterocycles. The average molecular weight is 199 g/mol. The number of anilines is 1. The third kappa shape index (κ3) is 2.10. The summed E-state index contributed by atoms with van der Waals surface area (Å²) in [7, 11) is 0. The first-order valence-electron chi connectivity index (χ1n) is 4.96. The summed E-state index contributed by atoms with van der Waals surface area (Å²) in [6.45, 7) is 2.25. The number of guanidine groups is 1. The first-order valence-corrected chi connectivity index (χ1v) is 4.96. The lowest BCUT2D eigenvalue weighted by atomic mass is 10.3. The molecule has 0 spiro atoms. The van der Waals surface area contributed by atoms with Gasteiger partial charge in [-0.25, -0.2) is 0 Å². The molecular formula is C12H13N3. The Labute approximate surface area is 89.8 Å². The molecule has 15 heavy (non-hydrogen) atoms. The Bertz CT molecular complexity index is 389. The van der Waals surface area contributed by atoms with Crippen LogP contribution >= 0.6 is 0 Å². The highest BCUT2D eigenvalue weighted by Gasteiger charge is 2.14. The molecule has 0 unspecified atom stereocenters. The molecule has 0 aliphatic carbocycles. The van der Waals surface area contributed by atoms with Crippen molar-refractivity contribution in [1.29, 1.82) is 0 Å². The number of nitrogens with zero attached hydrogens (tertiary/aromatic N) is 2. The minimum Gasteiger partial charge on any atom is -0.354 e. The van der Waals surface area contributed by atoms with Crippen LogP contribution < -0.4 is 10.2 Å². The lowest BCUT2D eigenvalue weighted by Crippen LogP contribution is -2.39. The molecule has 3 heteroatoms. The van der Waals surface area contributed by atoms with E-state index in [0.717, 1.165) is 24.7 Å². The van der Waals surface area contributed by atoms with Crippen molar-refractivity contribution in [2.75, 3.05) is 24.5 Å². The Morgan fingerprint density at radius 1 is 1.40 bits per heavy atom. The minimum absolute atomic E-state index is 0.538. The molecule has 0 fully saturated rings. The SMILES string of the molecule is C#CCN(C1=NCCN1)c1ccccc1. The smallest absolute Gasteiger partial charge is 0.199 e. The molecule has 1 aromatic rings. The van der Waals surface area contributed by atoms with Gasteiger partial charge in [0.25, 0.3) is 0 Å². The van der Waals surface area contributed by atoms with Crippen molar-refractivity contribution in [2.24, 2.45) is 4.99 Å². The predicted molar refractivity (Wildman–Crippen MR) is 62.9 cm³/mol. The van der Waals surface area contributed by atoms with Crippen LogP contribution in [0.5, 0.6) is 0 Å². The second kappa shape index (κ2) is 4.52. The summed E-state index contributed by atoms with van der Waals surface area (Å²) in [6.07, 6.45) is 5.36. The molecule has 1 aliphatic rings. The van der Waals surface area contributed by atoms with Gasteiger partial charge < -0.3 is 10.2 Å². The quantitative estimate of drug-likeness (QED) is 0.722. The Morgan fingerprint density at radius 3 is 2.80 bits per heavy atom. The average Bonchev–Trinajstić information content (AvgIpc) is 2.80. The van der Waals surface area contributed by atoms with Crippen LogP contribution in [0.15, 0.2) is 35.3 Å². The third-order valence-electron chi connectivity index (χ3n) is 2.23. The van der Waals surface area contributed by atoms with Crippen molar-refractivity contribution in [3.05, 3.63) is 30.3 Å². The van der Waals surface area contributed by atoms with Crippen LogP contribution in [0.2, 0.25) is 0 Å². The maximum Gasteiger partial charge on any atom is 0.199 e. The Morgan fingerprint density at radius 2 is 2.20 bits per heavy atom. The summed E-state index contributed by atoms with van der Waals surface area (Å²) in [6, 6.07) is 10.0. The van der Waals surface area contributed by atoms with Gasteiger partial charge in [0.05, 0.1) is 13.1 Å². The number of aliphatic imine (C=N–C) groups is 1. The molecule has 3 nitrogen and oxygen atoms in total. The summed E-state index contributed by atoms with van der Waals surface area (Å²) in [5, 5.41) is 3.22. The van der Waals surface area contributed by atoms with E-state index < -0.39 is 0 Å². The molecule has 1 heterocycles. The summed E-state index contributed by atoms with van der Waals surface area (Å²) in [5.41, 5.74) is 1.07. The topological polar surface area (TPSA) is 27.6 Å². The van der Waals surface area contributed by atoms with E-state index >= 15 is 0 Å². The van der Waals surface area contributed by atoms with E-state index in [1.54, 1.807) is 0 Å². The summed E-state index contributed by atoms with van der Waals surface area (Å²) < 4.78 is 0. The molecule has 0 atom stereocenters. The highest BCUT2D eigenvalue weighted by Crippen LogP contribution is 2.13. The molecular weight excluding hydrogens is 186 g/mol. The van der Waals surface area contributed by atoms with Gasteiger partial charge in [-0.3, -0.25) is 4.99 Å². The molecule has 76 valence electrons. The molecule has 1 N–H and O–H groups in total. The summed E-state index contributed by atoms with van der Waals surface area (Å²) in [4.78, 5) is 6.37. The Hall–Kier alpha value is -1.95. The van der Waals surface area contributed by atoms with Crippen LogP contribution in [0.1, 0.15) is 0 Å². The second-order valence-electron chi connectivity index (χ2n) is 3.26. The largest absolute Gasteiger partial charge is 0.354 e. The molecule has 0 saturated heterocycles. The van der Waals surface area contributed by atoms with Crippen LogP contribution in [-0.2, 0) is 0 Å². The second-order valence-corrected chi connectivity index (χ2v) is 3.26. The maximum atomic E-state index is 5.36. The number of hydrogen-bond donors (Lipinski definition) is 1. The lowest BCUT2D eigenvalue weighted by Gasteiger charge is -2.21. The van der Waals surface area contributed by atoms with Gasteiger partial charge in [0.1, 0.15) is 0 Å².